The van der Waals surface area contributed by atoms with Crippen LogP contribution in [0.5, 0.6) is 0 Å². The predicted octanol–water partition coefficient (Wildman–Crippen LogP) is 2.23. The van der Waals surface area contributed by atoms with Crippen LogP contribution in [0.1, 0.15) is 45.1 Å². The van der Waals surface area contributed by atoms with Gasteiger partial charge in [-0.05, 0) is 37.5 Å². The molecule has 0 unspecified atom stereocenters. The fourth-order valence-electron chi connectivity index (χ4n) is 2.18. The average Bonchev–Trinajstić information content (AvgIpc) is 2.48. The number of rotatable bonds is 9. The van der Waals surface area contributed by atoms with Gasteiger partial charge in [-0.25, -0.2) is 16.8 Å². The smallest absolute Gasteiger partial charge is 0.248 e. The Hall–Kier alpha value is -1.48. The van der Waals surface area contributed by atoms with E-state index in [0.29, 0.717) is 40.6 Å². The molecule has 0 aliphatic rings. The topological polar surface area (TPSA) is 124 Å². The Morgan fingerprint density at radius 3 is 1.75 bits per heavy atom. The molecule has 24 heavy (non-hydrogen) atoms. The van der Waals surface area contributed by atoms with Crippen molar-refractivity contribution in [1.82, 2.24) is 0 Å². The van der Waals surface area contributed by atoms with Gasteiger partial charge in [-0.2, -0.15) is 3.71 Å². The summed E-state index contributed by atoms with van der Waals surface area (Å²) in [7, 11) is -8.11. The summed E-state index contributed by atoms with van der Waals surface area (Å²) in [6.45, 7) is 5.36. The molecule has 138 valence electrons. The number of unbranched alkanes of at least 4 members (excludes halogenated alkanes) is 2. The van der Waals surface area contributed by atoms with E-state index in [9.17, 15) is 16.8 Å². The monoisotopic (exact) mass is 377 g/mol. The number of nitrogens with zero attached hydrogens (tertiary/aromatic N) is 1. The van der Waals surface area contributed by atoms with Crippen molar-refractivity contribution in [1.29, 1.82) is 0 Å². The first-order chi connectivity index (χ1) is 11.1. The molecular formula is C15H27N3O4S2. The summed E-state index contributed by atoms with van der Waals surface area (Å²) in [4.78, 5) is 0. The molecular weight excluding hydrogens is 350 g/mol. The van der Waals surface area contributed by atoms with Crippen LogP contribution in [0.15, 0.2) is 12.1 Å². The van der Waals surface area contributed by atoms with Crippen LogP contribution in [0.2, 0.25) is 0 Å². The zero-order chi connectivity index (χ0) is 18.5. The third-order valence-electron chi connectivity index (χ3n) is 3.63. The Balaban J connectivity index is 3.53. The van der Waals surface area contributed by atoms with E-state index >= 15 is 0 Å². The number of nitrogens with two attached hydrogens (primary N) is 2. The third kappa shape index (κ3) is 4.76. The highest BCUT2D eigenvalue weighted by Gasteiger charge is 2.34. The van der Waals surface area contributed by atoms with Crippen LogP contribution < -0.4 is 15.2 Å². The van der Waals surface area contributed by atoms with Crippen LogP contribution in [0.3, 0.4) is 0 Å². The standard InChI is InChI=1S/C15H27N3O4S2/c1-4-6-8-23(19,20)18(24(21,22)9-7-5-2)15-10-12(3)13(16)11-14(15)17/h10-11H,4-9,16-17H2,1-3H3. The first-order valence-corrected chi connectivity index (χ1v) is 11.2. The van der Waals surface area contributed by atoms with Crippen molar-refractivity contribution in [3.63, 3.8) is 0 Å². The lowest BCUT2D eigenvalue weighted by Crippen LogP contribution is -2.40. The Bertz CT molecular complexity index is 736. The summed E-state index contributed by atoms with van der Waals surface area (Å²) in [6.07, 6.45) is 2.02. The van der Waals surface area contributed by atoms with Crippen molar-refractivity contribution in [3.8, 4) is 0 Å². The molecule has 0 saturated heterocycles. The molecule has 0 fully saturated rings. The lowest BCUT2D eigenvalue weighted by Gasteiger charge is -2.26. The highest BCUT2D eigenvalue weighted by atomic mass is 32.3. The summed E-state index contributed by atoms with van der Waals surface area (Å²) < 4.78 is 51.3. The molecule has 1 aromatic carbocycles. The van der Waals surface area contributed by atoms with E-state index < -0.39 is 20.0 Å². The number of anilines is 3. The second kappa shape index (κ2) is 8.06. The van der Waals surface area contributed by atoms with E-state index in [2.05, 4.69) is 0 Å². The quantitative estimate of drug-likeness (QED) is 0.636. The Morgan fingerprint density at radius 2 is 1.33 bits per heavy atom. The van der Waals surface area contributed by atoms with E-state index in [-0.39, 0.29) is 22.9 Å². The largest absolute Gasteiger partial charge is 0.398 e. The number of benzene rings is 1. The van der Waals surface area contributed by atoms with Crippen LogP contribution in [-0.4, -0.2) is 28.3 Å². The van der Waals surface area contributed by atoms with Crippen molar-refractivity contribution in [2.24, 2.45) is 0 Å². The molecule has 0 aromatic heterocycles. The normalized spacial score (nSPS) is 12.3. The molecule has 0 amide bonds. The fraction of sp³-hybridized carbons (Fsp3) is 0.600. The van der Waals surface area contributed by atoms with Gasteiger partial charge in [0.05, 0.1) is 22.9 Å². The summed E-state index contributed by atoms with van der Waals surface area (Å²) in [5.41, 5.74) is 12.6. The van der Waals surface area contributed by atoms with E-state index in [4.69, 9.17) is 11.5 Å². The second-order valence-electron chi connectivity index (χ2n) is 5.80. The van der Waals surface area contributed by atoms with Gasteiger partial charge in [-0.15, -0.1) is 0 Å². The number of aryl methyl sites for hydroxylation is 1. The van der Waals surface area contributed by atoms with Crippen molar-refractivity contribution < 1.29 is 16.8 Å². The zero-order valence-electron chi connectivity index (χ0n) is 14.4. The first kappa shape index (κ1) is 20.6. The lowest BCUT2D eigenvalue weighted by atomic mass is 10.1. The van der Waals surface area contributed by atoms with Crippen molar-refractivity contribution in [2.75, 3.05) is 26.7 Å². The van der Waals surface area contributed by atoms with Crippen LogP contribution in [-0.2, 0) is 20.0 Å². The number of sulfonamides is 2. The molecule has 0 heterocycles. The fourth-order valence-corrected chi connectivity index (χ4v) is 6.56. The van der Waals surface area contributed by atoms with E-state index in [1.165, 1.54) is 12.1 Å². The Kier molecular flexibility index (Phi) is 6.91. The van der Waals surface area contributed by atoms with E-state index in [1.807, 2.05) is 13.8 Å². The van der Waals surface area contributed by atoms with Gasteiger partial charge < -0.3 is 11.5 Å². The molecule has 1 rings (SSSR count). The number of nitrogen functional groups attached to an aromatic ring is 2. The lowest BCUT2D eigenvalue weighted by molar-refractivity contribution is 0.580. The highest BCUT2D eigenvalue weighted by molar-refractivity contribution is 8.10. The van der Waals surface area contributed by atoms with Crippen LogP contribution >= 0.6 is 0 Å². The first-order valence-electron chi connectivity index (χ1n) is 7.98. The average molecular weight is 378 g/mol. The summed E-state index contributed by atoms with van der Waals surface area (Å²) >= 11 is 0. The minimum absolute atomic E-state index is 0.0262. The Labute approximate surface area is 145 Å². The molecule has 0 spiro atoms. The summed E-state index contributed by atoms with van der Waals surface area (Å²) in [5.74, 6) is -0.505. The summed E-state index contributed by atoms with van der Waals surface area (Å²) in [6, 6.07) is 2.81. The van der Waals surface area contributed by atoms with Gasteiger partial charge in [0.25, 0.3) is 0 Å². The molecule has 4 N–H and O–H groups in total. The minimum atomic E-state index is -4.05. The number of hydrogen-bond acceptors (Lipinski definition) is 6. The molecule has 0 saturated carbocycles. The van der Waals surface area contributed by atoms with Gasteiger partial charge in [-0.1, -0.05) is 26.7 Å². The summed E-state index contributed by atoms with van der Waals surface area (Å²) in [5, 5.41) is 0. The van der Waals surface area contributed by atoms with Gasteiger partial charge >= 0.3 is 0 Å². The van der Waals surface area contributed by atoms with Crippen LogP contribution in [0, 0.1) is 6.92 Å². The zero-order valence-corrected chi connectivity index (χ0v) is 16.1. The third-order valence-corrected chi connectivity index (χ3v) is 8.00. The maximum atomic E-state index is 12.7. The van der Waals surface area contributed by atoms with Gasteiger partial charge in [0.1, 0.15) is 0 Å². The second-order valence-corrected chi connectivity index (χ2v) is 9.91. The molecule has 7 nitrogen and oxygen atoms in total. The molecule has 0 atom stereocenters. The molecule has 0 radical (unpaired) electrons. The van der Waals surface area contributed by atoms with E-state index in [1.54, 1.807) is 6.92 Å². The van der Waals surface area contributed by atoms with Crippen molar-refractivity contribution >= 4 is 37.1 Å². The van der Waals surface area contributed by atoms with E-state index in [0.717, 1.165) is 0 Å². The van der Waals surface area contributed by atoms with Gasteiger partial charge in [-0.3, -0.25) is 0 Å². The van der Waals surface area contributed by atoms with Gasteiger partial charge in [0.15, 0.2) is 0 Å². The number of hydrogen-bond donors (Lipinski definition) is 2. The van der Waals surface area contributed by atoms with Gasteiger partial charge in [0.2, 0.25) is 20.0 Å². The van der Waals surface area contributed by atoms with Crippen molar-refractivity contribution in [3.05, 3.63) is 17.7 Å². The molecule has 0 bridgehead atoms. The van der Waals surface area contributed by atoms with Crippen LogP contribution in [0.25, 0.3) is 0 Å². The molecule has 0 aliphatic carbocycles. The SMILES string of the molecule is CCCCS(=O)(=O)N(c1cc(C)c(N)cc1N)S(=O)(=O)CCCC. The minimum Gasteiger partial charge on any atom is -0.398 e. The van der Waals surface area contributed by atoms with Crippen molar-refractivity contribution in [2.45, 2.75) is 46.5 Å². The molecule has 1 aromatic rings. The van der Waals surface area contributed by atoms with Gasteiger partial charge in [0, 0.05) is 5.69 Å². The van der Waals surface area contributed by atoms with Crippen LogP contribution in [0.4, 0.5) is 17.1 Å². The highest BCUT2D eigenvalue weighted by Crippen LogP contribution is 2.33. The Morgan fingerprint density at radius 1 is 0.875 bits per heavy atom. The molecule has 0 aliphatic heterocycles. The predicted molar refractivity (Wildman–Crippen MR) is 99.9 cm³/mol. The maximum Gasteiger partial charge on any atom is 0.248 e. The molecule has 9 heteroatoms. The maximum absolute atomic E-state index is 12.7.